The smallest absolute Gasteiger partial charge is 0.340 e. The Balaban J connectivity index is 2.52. The average molecular weight is 250 g/mol. The second-order valence-electron chi connectivity index (χ2n) is 4.47. The molecule has 18 heavy (non-hydrogen) atoms. The van der Waals surface area contributed by atoms with Crippen molar-refractivity contribution >= 4 is 5.97 Å². The van der Waals surface area contributed by atoms with Crippen LogP contribution in [0.1, 0.15) is 49.9 Å². The first kappa shape index (κ1) is 14.7. The van der Waals surface area contributed by atoms with Crippen LogP contribution in [0.4, 0.5) is 0 Å². The van der Waals surface area contributed by atoms with Gasteiger partial charge in [-0.25, -0.2) is 4.79 Å². The lowest BCUT2D eigenvalue weighted by atomic mass is 9.99. The van der Waals surface area contributed by atoms with Crippen LogP contribution in [-0.2, 0) is 4.74 Å². The Kier molecular flexibility index (Phi) is 6.44. The molecule has 0 aromatic heterocycles. The number of carbonyl (C=O) groups is 1. The van der Waals surface area contributed by atoms with Gasteiger partial charge in [0.1, 0.15) is 0 Å². The Morgan fingerprint density at radius 1 is 1.28 bits per heavy atom. The molecule has 2 unspecified atom stereocenters. The van der Waals surface area contributed by atoms with E-state index < -0.39 is 12.3 Å². The van der Waals surface area contributed by atoms with Crippen molar-refractivity contribution in [1.29, 1.82) is 0 Å². The number of ether oxygens (including phenoxy) is 1. The highest BCUT2D eigenvalue weighted by atomic mass is 16.6. The summed E-state index contributed by atoms with van der Waals surface area (Å²) in [5, 5.41) is 9.92. The molecule has 3 nitrogen and oxygen atoms in total. The van der Waals surface area contributed by atoms with Crippen molar-refractivity contribution < 1.29 is 14.6 Å². The Bertz CT molecular complexity index is 348. The van der Waals surface area contributed by atoms with Gasteiger partial charge in [-0.2, -0.15) is 0 Å². The standard InChI is InChI=1S/C15H22O3/c1-3-5-9-12(4-2)14(16)18-15(17)13-10-7-6-8-11-13/h6-8,10-12,14,16H,3-5,9H2,1-2H3. The molecule has 1 aromatic rings. The SMILES string of the molecule is CCCCC(CC)C(O)OC(=O)c1ccccc1. The molecule has 1 aromatic carbocycles. The van der Waals surface area contributed by atoms with Crippen LogP contribution in [0.5, 0.6) is 0 Å². The molecule has 0 aliphatic rings. The number of benzene rings is 1. The van der Waals surface area contributed by atoms with Crippen LogP contribution in [0, 0.1) is 5.92 Å². The monoisotopic (exact) mass is 250 g/mol. The Morgan fingerprint density at radius 3 is 2.50 bits per heavy atom. The molecule has 0 aliphatic carbocycles. The summed E-state index contributed by atoms with van der Waals surface area (Å²) in [5.41, 5.74) is 0.474. The second kappa shape index (κ2) is 7.88. The van der Waals surface area contributed by atoms with Crippen LogP contribution in [0.15, 0.2) is 30.3 Å². The molecule has 0 bridgehead atoms. The lowest BCUT2D eigenvalue weighted by molar-refractivity contribution is -0.101. The summed E-state index contributed by atoms with van der Waals surface area (Å²) in [6.45, 7) is 4.11. The van der Waals surface area contributed by atoms with Gasteiger partial charge in [0.15, 0.2) is 0 Å². The van der Waals surface area contributed by atoms with Gasteiger partial charge in [-0.05, 0) is 25.0 Å². The van der Waals surface area contributed by atoms with E-state index in [0.717, 1.165) is 25.7 Å². The highest BCUT2D eigenvalue weighted by molar-refractivity contribution is 5.89. The van der Waals surface area contributed by atoms with E-state index in [2.05, 4.69) is 6.92 Å². The predicted molar refractivity (Wildman–Crippen MR) is 71.2 cm³/mol. The number of aliphatic hydroxyl groups excluding tert-OH is 1. The fraction of sp³-hybridized carbons (Fsp3) is 0.533. The third-order valence-corrected chi connectivity index (χ3v) is 3.09. The van der Waals surface area contributed by atoms with Gasteiger partial charge in [-0.1, -0.05) is 44.9 Å². The van der Waals surface area contributed by atoms with Gasteiger partial charge >= 0.3 is 5.97 Å². The molecular formula is C15H22O3. The summed E-state index contributed by atoms with van der Waals surface area (Å²) >= 11 is 0. The number of rotatable bonds is 7. The van der Waals surface area contributed by atoms with Crippen LogP contribution in [-0.4, -0.2) is 17.4 Å². The third kappa shape index (κ3) is 4.49. The largest absolute Gasteiger partial charge is 0.432 e. The zero-order chi connectivity index (χ0) is 13.4. The molecule has 3 heteroatoms. The lowest BCUT2D eigenvalue weighted by Crippen LogP contribution is -2.26. The Labute approximate surface area is 109 Å². The summed E-state index contributed by atoms with van der Waals surface area (Å²) in [6, 6.07) is 8.75. The van der Waals surface area contributed by atoms with Crippen LogP contribution >= 0.6 is 0 Å². The fourth-order valence-corrected chi connectivity index (χ4v) is 1.86. The van der Waals surface area contributed by atoms with Gasteiger partial charge in [-0.3, -0.25) is 0 Å². The molecule has 1 N–H and O–H groups in total. The zero-order valence-corrected chi connectivity index (χ0v) is 11.1. The highest BCUT2D eigenvalue weighted by Crippen LogP contribution is 2.19. The molecule has 0 amide bonds. The summed E-state index contributed by atoms with van der Waals surface area (Å²) in [7, 11) is 0. The third-order valence-electron chi connectivity index (χ3n) is 3.09. The minimum atomic E-state index is -1.01. The first-order valence-electron chi connectivity index (χ1n) is 6.63. The van der Waals surface area contributed by atoms with Crippen LogP contribution < -0.4 is 0 Å². The first-order valence-corrected chi connectivity index (χ1v) is 6.63. The van der Waals surface area contributed by atoms with Gasteiger partial charge in [0, 0.05) is 5.92 Å². The van der Waals surface area contributed by atoms with E-state index >= 15 is 0 Å². The number of aliphatic hydroxyl groups is 1. The van der Waals surface area contributed by atoms with Crippen molar-refractivity contribution in [2.24, 2.45) is 5.92 Å². The van der Waals surface area contributed by atoms with Crippen LogP contribution in [0.3, 0.4) is 0 Å². The molecule has 1 rings (SSSR count). The maximum absolute atomic E-state index is 11.8. The Morgan fingerprint density at radius 2 is 1.94 bits per heavy atom. The van der Waals surface area contributed by atoms with E-state index in [0.29, 0.717) is 5.56 Å². The maximum atomic E-state index is 11.8. The normalized spacial score (nSPS) is 13.9. The molecule has 100 valence electrons. The molecule has 0 radical (unpaired) electrons. The zero-order valence-electron chi connectivity index (χ0n) is 11.1. The average Bonchev–Trinajstić information content (AvgIpc) is 2.40. The molecule has 0 saturated heterocycles. The summed E-state index contributed by atoms with van der Waals surface area (Å²) in [5.74, 6) is -0.435. The number of carbonyl (C=O) groups excluding carboxylic acids is 1. The molecule has 0 fully saturated rings. The van der Waals surface area contributed by atoms with Crippen LogP contribution in [0.25, 0.3) is 0 Å². The van der Waals surface area contributed by atoms with E-state index in [1.807, 2.05) is 13.0 Å². The minimum Gasteiger partial charge on any atom is -0.432 e. The molecule has 0 saturated carbocycles. The minimum absolute atomic E-state index is 0.0256. The van der Waals surface area contributed by atoms with E-state index in [1.165, 1.54) is 0 Å². The number of hydrogen-bond acceptors (Lipinski definition) is 3. The predicted octanol–water partition coefficient (Wildman–Crippen LogP) is 3.38. The van der Waals surface area contributed by atoms with Gasteiger partial charge < -0.3 is 9.84 Å². The van der Waals surface area contributed by atoms with Gasteiger partial charge in [0.05, 0.1) is 5.56 Å². The second-order valence-corrected chi connectivity index (χ2v) is 4.47. The molecule has 0 aliphatic heterocycles. The van der Waals surface area contributed by atoms with Gasteiger partial charge in [0.25, 0.3) is 0 Å². The van der Waals surface area contributed by atoms with Crippen molar-refractivity contribution in [3.8, 4) is 0 Å². The topological polar surface area (TPSA) is 46.5 Å². The highest BCUT2D eigenvalue weighted by Gasteiger charge is 2.21. The molecule has 2 atom stereocenters. The van der Waals surface area contributed by atoms with Crippen molar-refractivity contribution in [1.82, 2.24) is 0 Å². The summed E-state index contributed by atoms with van der Waals surface area (Å²) < 4.78 is 5.10. The fourth-order valence-electron chi connectivity index (χ4n) is 1.86. The first-order chi connectivity index (χ1) is 8.69. The van der Waals surface area contributed by atoms with Crippen molar-refractivity contribution in [2.75, 3.05) is 0 Å². The lowest BCUT2D eigenvalue weighted by Gasteiger charge is -2.21. The van der Waals surface area contributed by atoms with E-state index in [9.17, 15) is 9.90 Å². The maximum Gasteiger partial charge on any atom is 0.340 e. The number of esters is 1. The van der Waals surface area contributed by atoms with E-state index in [1.54, 1.807) is 24.3 Å². The van der Waals surface area contributed by atoms with Gasteiger partial charge in [-0.15, -0.1) is 0 Å². The van der Waals surface area contributed by atoms with Crippen molar-refractivity contribution in [3.05, 3.63) is 35.9 Å². The summed E-state index contributed by atoms with van der Waals surface area (Å²) in [6.07, 6.45) is 2.81. The number of unbranched alkanes of at least 4 members (excludes halogenated alkanes) is 1. The Hall–Kier alpha value is -1.35. The summed E-state index contributed by atoms with van der Waals surface area (Å²) in [4.78, 5) is 11.8. The molecular weight excluding hydrogens is 228 g/mol. The van der Waals surface area contributed by atoms with Gasteiger partial charge in [0.2, 0.25) is 6.29 Å². The van der Waals surface area contributed by atoms with E-state index in [-0.39, 0.29) is 5.92 Å². The quantitative estimate of drug-likeness (QED) is 0.596. The van der Waals surface area contributed by atoms with Crippen molar-refractivity contribution in [3.63, 3.8) is 0 Å². The van der Waals surface area contributed by atoms with Crippen molar-refractivity contribution in [2.45, 2.75) is 45.8 Å². The molecule has 0 spiro atoms. The van der Waals surface area contributed by atoms with E-state index in [4.69, 9.17) is 4.74 Å². The number of hydrogen-bond donors (Lipinski definition) is 1. The molecule has 0 heterocycles. The van der Waals surface area contributed by atoms with Crippen LogP contribution in [0.2, 0.25) is 0 Å².